The number of rotatable bonds is 8. The first kappa shape index (κ1) is 16.4. The molecule has 5 nitrogen and oxygen atoms in total. The third kappa shape index (κ3) is 4.47. The standard InChI is InChI=1S/C14H22FN3O2S/c1-16-10-11-3-6-14(13(15)9-11)21(19,20)17-7-8-18(2)12-4-5-12/h3,6,9,12,16-17H,4-5,7-8,10H2,1-2H3. The lowest BCUT2D eigenvalue weighted by Crippen LogP contribution is -2.34. The summed E-state index contributed by atoms with van der Waals surface area (Å²) in [5.41, 5.74) is 0.711. The minimum atomic E-state index is -3.80. The third-order valence-corrected chi connectivity index (χ3v) is 5.09. The van der Waals surface area contributed by atoms with Gasteiger partial charge in [-0.15, -0.1) is 0 Å². The topological polar surface area (TPSA) is 61.4 Å². The molecular formula is C14H22FN3O2S. The molecule has 1 aromatic rings. The van der Waals surface area contributed by atoms with Crippen molar-refractivity contribution in [3.8, 4) is 0 Å². The Kier molecular flexibility index (Phi) is 5.32. The van der Waals surface area contributed by atoms with Crippen molar-refractivity contribution >= 4 is 10.0 Å². The summed E-state index contributed by atoms with van der Waals surface area (Å²) in [6.45, 7) is 1.41. The Labute approximate surface area is 125 Å². The van der Waals surface area contributed by atoms with Gasteiger partial charge in [0.05, 0.1) is 0 Å². The molecule has 0 heterocycles. The highest BCUT2D eigenvalue weighted by Gasteiger charge is 2.26. The van der Waals surface area contributed by atoms with Gasteiger partial charge in [0.1, 0.15) is 10.7 Å². The Morgan fingerprint density at radius 1 is 1.38 bits per heavy atom. The van der Waals surface area contributed by atoms with Gasteiger partial charge in [-0.05, 0) is 44.6 Å². The van der Waals surface area contributed by atoms with Crippen LogP contribution in [-0.2, 0) is 16.6 Å². The zero-order chi connectivity index (χ0) is 15.5. The Morgan fingerprint density at radius 2 is 2.10 bits per heavy atom. The average molecular weight is 315 g/mol. The van der Waals surface area contributed by atoms with Crippen LogP contribution in [0.25, 0.3) is 0 Å². The predicted octanol–water partition coefficient (Wildman–Crippen LogP) is 0.918. The van der Waals surface area contributed by atoms with Crippen LogP contribution in [0.4, 0.5) is 4.39 Å². The van der Waals surface area contributed by atoms with Gasteiger partial charge in [-0.25, -0.2) is 17.5 Å². The summed E-state index contributed by atoms with van der Waals surface area (Å²) in [6, 6.07) is 4.76. The molecule has 1 fully saturated rings. The quantitative estimate of drug-likeness (QED) is 0.749. The molecule has 0 aromatic heterocycles. The summed E-state index contributed by atoms with van der Waals surface area (Å²) < 4.78 is 40.6. The molecule has 2 N–H and O–H groups in total. The Balaban J connectivity index is 1.97. The summed E-state index contributed by atoms with van der Waals surface area (Å²) in [7, 11) is -0.0739. The molecule has 0 amide bonds. The lowest BCUT2D eigenvalue weighted by atomic mass is 10.2. The van der Waals surface area contributed by atoms with Crippen molar-refractivity contribution in [1.29, 1.82) is 0 Å². The zero-order valence-corrected chi connectivity index (χ0v) is 13.2. The van der Waals surface area contributed by atoms with E-state index in [1.165, 1.54) is 25.0 Å². The molecule has 118 valence electrons. The molecule has 1 aromatic carbocycles. The molecule has 1 aliphatic rings. The van der Waals surface area contributed by atoms with E-state index in [1.807, 2.05) is 7.05 Å². The fourth-order valence-electron chi connectivity index (χ4n) is 2.21. The highest BCUT2D eigenvalue weighted by molar-refractivity contribution is 7.89. The Morgan fingerprint density at radius 3 is 2.67 bits per heavy atom. The van der Waals surface area contributed by atoms with E-state index in [9.17, 15) is 12.8 Å². The highest BCUT2D eigenvalue weighted by Crippen LogP contribution is 2.24. The molecule has 0 saturated heterocycles. The van der Waals surface area contributed by atoms with Gasteiger partial charge in [0.2, 0.25) is 10.0 Å². The zero-order valence-electron chi connectivity index (χ0n) is 12.4. The van der Waals surface area contributed by atoms with Crippen molar-refractivity contribution in [2.24, 2.45) is 0 Å². The molecule has 0 spiro atoms. The van der Waals surface area contributed by atoms with Gasteiger partial charge in [-0.3, -0.25) is 0 Å². The van der Waals surface area contributed by atoms with E-state index in [4.69, 9.17) is 0 Å². The van der Waals surface area contributed by atoms with E-state index < -0.39 is 15.8 Å². The van der Waals surface area contributed by atoms with Gasteiger partial charge in [-0.2, -0.15) is 0 Å². The van der Waals surface area contributed by atoms with Crippen molar-refractivity contribution in [3.63, 3.8) is 0 Å². The largest absolute Gasteiger partial charge is 0.316 e. The van der Waals surface area contributed by atoms with E-state index in [2.05, 4.69) is 14.9 Å². The highest BCUT2D eigenvalue weighted by atomic mass is 32.2. The van der Waals surface area contributed by atoms with Crippen LogP contribution in [-0.4, -0.2) is 46.5 Å². The molecular weight excluding hydrogens is 293 g/mol. The summed E-state index contributed by atoms with van der Waals surface area (Å²) in [5, 5.41) is 2.90. The van der Waals surface area contributed by atoms with Crippen LogP contribution in [0.2, 0.25) is 0 Å². The van der Waals surface area contributed by atoms with Crippen LogP contribution >= 0.6 is 0 Å². The number of nitrogens with zero attached hydrogens (tertiary/aromatic N) is 1. The summed E-state index contributed by atoms with van der Waals surface area (Å²) in [6.07, 6.45) is 2.34. The number of sulfonamides is 1. The number of benzene rings is 1. The van der Waals surface area contributed by atoms with Crippen LogP contribution in [0.15, 0.2) is 23.1 Å². The van der Waals surface area contributed by atoms with Crippen LogP contribution in [0.1, 0.15) is 18.4 Å². The third-order valence-electron chi connectivity index (χ3n) is 3.59. The van der Waals surface area contributed by atoms with Gasteiger partial charge >= 0.3 is 0 Å². The normalized spacial score (nSPS) is 15.6. The molecule has 1 aliphatic carbocycles. The number of hydrogen-bond acceptors (Lipinski definition) is 4. The van der Waals surface area contributed by atoms with Gasteiger partial charge in [0.15, 0.2) is 0 Å². The molecule has 2 rings (SSSR count). The number of nitrogens with one attached hydrogen (secondary N) is 2. The van der Waals surface area contributed by atoms with Crippen molar-refractivity contribution in [3.05, 3.63) is 29.6 Å². The first-order chi connectivity index (χ1) is 9.94. The lowest BCUT2D eigenvalue weighted by molar-refractivity contribution is 0.329. The van der Waals surface area contributed by atoms with Crippen molar-refractivity contribution < 1.29 is 12.8 Å². The van der Waals surface area contributed by atoms with Gasteiger partial charge in [-0.1, -0.05) is 6.07 Å². The van der Waals surface area contributed by atoms with Gasteiger partial charge in [0.25, 0.3) is 0 Å². The van der Waals surface area contributed by atoms with Crippen molar-refractivity contribution in [2.45, 2.75) is 30.3 Å². The van der Waals surface area contributed by atoms with Crippen molar-refractivity contribution in [2.75, 3.05) is 27.2 Å². The Bertz CT molecular complexity index is 588. The maximum absolute atomic E-state index is 13.9. The van der Waals surface area contributed by atoms with Crippen molar-refractivity contribution in [1.82, 2.24) is 14.9 Å². The summed E-state index contributed by atoms with van der Waals surface area (Å²) in [5.74, 6) is -0.717. The average Bonchev–Trinajstić information content (AvgIpc) is 3.22. The minimum absolute atomic E-state index is 0.285. The number of likely N-dealkylation sites (N-methyl/N-ethyl adjacent to an activating group) is 1. The maximum Gasteiger partial charge on any atom is 0.243 e. The molecule has 0 radical (unpaired) electrons. The number of hydrogen-bond donors (Lipinski definition) is 2. The van der Waals surface area contributed by atoms with E-state index in [-0.39, 0.29) is 11.4 Å². The molecule has 0 atom stereocenters. The fourth-order valence-corrected chi connectivity index (χ4v) is 3.29. The first-order valence-corrected chi connectivity index (χ1v) is 8.55. The fraction of sp³-hybridized carbons (Fsp3) is 0.571. The molecule has 0 aliphatic heterocycles. The van der Waals surface area contributed by atoms with E-state index in [1.54, 1.807) is 13.1 Å². The van der Waals surface area contributed by atoms with Gasteiger partial charge in [0, 0.05) is 25.7 Å². The monoisotopic (exact) mass is 315 g/mol. The molecule has 21 heavy (non-hydrogen) atoms. The van der Waals surface area contributed by atoms with E-state index in [0.717, 1.165) is 0 Å². The predicted molar refractivity (Wildman–Crippen MR) is 80.0 cm³/mol. The van der Waals surface area contributed by atoms with Gasteiger partial charge < -0.3 is 10.2 Å². The SMILES string of the molecule is CNCc1ccc(S(=O)(=O)NCCN(C)C2CC2)c(F)c1. The van der Waals surface area contributed by atoms with Crippen LogP contribution < -0.4 is 10.0 Å². The molecule has 0 bridgehead atoms. The smallest absolute Gasteiger partial charge is 0.243 e. The molecule has 1 saturated carbocycles. The minimum Gasteiger partial charge on any atom is -0.316 e. The second-order valence-corrected chi connectivity index (χ2v) is 7.14. The summed E-state index contributed by atoms with van der Waals surface area (Å²) >= 11 is 0. The van der Waals surface area contributed by atoms with Crippen LogP contribution in [0.3, 0.4) is 0 Å². The van der Waals surface area contributed by atoms with Crippen LogP contribution in [0.5, 0.6) is 0 Å². The molecule has 7 heteroatoms. The second-order valence-electron chi connectivity index (χ2n) is 5.40. The maximum atomic E-state index is 13.9. The van der Waals surface area contributed by atoms with Crippen LogP contribution in [0, 0.1) is 5.82 Å². The Hall–Kier alpha value is -1.02. The first-order valence-electron chi connectivity index (χ1n) is 7.07. The summed E-state index contributed by atoms with van der Waals surface area (Å²) in [4.78, 5) is 1.82. The second kappa shape index (κ2) is 6.83. The lowest BCUT2D eigenvalue weighted by Gasteiger charge is -2.16. The van der Waals surface area contributed by atoms with E-state index in [0.29, 0.717) is 24.7 Å². The number of halogens is 1. The molecule has 0 unspecified atom stereocenters. The van der Waals surface area contributed by atoms with E-state index >= 15 is 0 Å².